The predicted molar refractivity (Wildman–Crippen MR) is 48.2 cm³/mol. The number of halogens is 2. The van der Waals surface area contributed by atoms with Gasteiger partial charge >= 0.3 is 5.97 Å². The largest absolute Gasteiger partial charge is 0.481 e. The Bertz CT molecular complexity index is 241. The molecule has 1 aliphatic rings. The Morgan fingerprint density at radius 2 is 2.00 bits per heavy atom. The van der Waals surface area contributed by atoms with Crippen molar-refractivity contribution in [3.63, 3.8) is 0 Å². The van der Waals surface area contributed by atoms with Crippen molar-refractivity contribution in [3.05, 3.63) is 10.6 Å². The summed E-state index contributed by atoms with van der Waals surface area (Å²) in [4.78, 5) is 10.7. The van der Waals surface area contributed by atoms with Gasteiger partial charge in [0.05, 0.1) is 5.92 Å². The topological polar surface area (TPSA) is 37.3 Å². The van der Waals surface area contributed by atoms with Crippen LogP contribution in [0.2, 0.25) is 0 Å². The Morgan fingerprint density at radius 3 is 2.25 bits per heavy atom. The second kappa shape index (κ2) is 2.93. The van der Waals surface area contributed by atoms with Gasteiger partial charge in [-0.05, 0) is 17.4 Å². The van der Waals surface area contributed by atoms with E-state index >= 15 is 0 Å². The highest BCUT2D eigenvalue weighted by molar-refractivity contribution is 6.55. The summed E-state index contributed by atoms with van der Waals surface area (Å²) in [5, 5.41) is 8.76. The van der Waals surface area contributed by atoms with Crippen LogP contribution in [0.3, 0.4) is 0 Å². The van der Waals surface area contributed by atoms with Crippen molar-refractivity contribution < 1.29 is 9.90 Å². The zero-order valence-corrected chi connectivity index (χ0v) is 8.36. The van der Waals surface area contributed by atoms with Crippen LogP contribution < -0.4 is 0 Å². The van der Waals surface area contributed by atoms with Crippen LogP contribution >= 0.6 is 23.2 Å². The smallest absolute Gasteiger partial charge is 0.307 e. The van der Waals surface area contributed by atoms with Crippen LogP contribution in [0.15, 0.2) is 10.6 Å². The van der Waals surface area contributed by atoms with Gasteiger partial charge in [0, 0.05) is 0 Å². The summed E-state index contributed by atoms with van der Waals surface area (Å²) in [6.07, 6.45) is 1.60. The summed E-state index contributed by atoms with van der Waals surface area (Å²) in [6, 6.07) is 0. The van der Waals surface area contributed by atoms with Gasteiger partial charge in [0.2, 0.25) is 0 Å². The van der Waals surface area contributed by atoms with Gasteiger partial charge in [0.1, 0.15) is 4.49 Å². The fourth-order valence-electron chi connectivity index (χ4n) is 1.60. The Kier molecular flexibility index (Phi) is 2.41. The first-order valence-corrected chi connectivity index (χ1v) is 4.38. The van der Waals surface area contributed by atoms with E-state index in [0.29, 0.717) is 0 Å². The van der Waals surface area contributed by atoms with E-state index in [1.165, 1.54) is 0 Å². The van der Waals surface area contributed by atoms with Gasteiger partial charge in [-0.25, -0.2) is 0 Å². The Labute approximate surface area is 81.2 Å². The van der Waals surface area contributed by atoms with Crippen LogP contribution in [0, 0.1) is 17.3 Å². The number of aliphatic carboxylic acids is 1. The summed E-state index contributed by atoms with van der Waals surface area (Å²) >= 11 is 10.9. The molecule has 0 aromatic rings. The van der Waals surface area contributed by atoms with Gasteiger partial charge in [-0.15, -0.1) is 0 Å². The van der Waals surface area contributed by atoms with Crippen molar-refractivity contribution in [1.29, 1.82) is 0 Å². The van der Waals surface area contributed by atoms with E-state index in [4.69, 9.17) is 28.3 Å². The molecule has 0 radical (unpaired) electrons. The van der Waals surface area contributed by atoms with E-state index in [2.05, 4.69) is 0 Å². The molecule has 0 aromatic carbocycles. The maximum absolute atomic E-state index is 10.7. The van der Waals surface area contributed by atoms with Crippen LogP contribution in [-0.4, -0.2) is 11.1 Å². The van der Waals surface area contributed by atoms with Gasteiger partial charge in [0.25, 0.3) is 0 Å². The summed E-state index contributed by atoms with van der Waals surface area (Å²) < 4.78 is 0.150. The van der Waals surface area contributed by atoms with Gasteiger partial charge in [0.15, 0.2) is 0 Å². The molecule has 0 saturated heterocycles. The molecule has 0 bridgehead atoms. The lowest BCUT2D eigenvalue weighted by atomic mass is 10.4. The fourth-order valence-corrected chi connectivity index (χ4v) is 1.87. The number of rotatable bonds is 2. The summed E-state index contributed by atoms with van der Waals surface area (Å²) in [6.45, 7) is 3.79. The number of allylic oxidation sites excluding steroid dienone is 1. The van der Waals surface area contributed by atoms with Crippen molar-refractivity contribution in [2.45, 2.75) is 13.8 Å². The van der Waals surface area contributed by atoms with E-state index in [-0.39, 0.29) is 21.7 Å². The molecule has 1 rings (SSSR count). The lowest BCUT2D eigenvalue weighted by molar-refractivity contribution is -0.139. The molecule has 0 aromatic heterocycles. The molecule has 0 aliphatic heterocycles. The molecule has 1 N–H and O–H groups in total. The van der Waals surface area contributed by atoms with Gasteiger partial charge in [-0.3, -0.25) is 4.79 Å². The first-order chi connectivity index (χ1) is 5.37. The molecule has 0 amide bonds. The van der Waals surface area contributed by atoms with E-state index < -0.39 is 5.97 Å². The summed E-state index contributed by atoms with van der Waals surface area (Å²) in [5.74, 6) is -1.15. The molecule has 4 heteroatoms. The van der Waals surface area contributed by atoms with E-state index in [1.54, 1.807) is 6.08 Å². The van der Waals surface area contributed by atoms with E-state index in [9.17, 15) is 4.79 Å². The number of hydrogen-bond donors (Lipinski definition) is 1. The van der Waals surface area contributed by atoms with Crippen LogP contribution in [0.4, 0.5) is 0 Å². The minimum absolute atomic E-state index is 0.0278. The zero-order chi connectivity index (χ0) is 9.52. The monoisotopic (exact) mass is 210 g/mol. The molecule has 0 spiro atoms. The molecule has 1 aliphatic carbocycles. The normalized spacial score (nSPS) is 31.0. The maximum atomic E-state index is 10.7. The molecule has 0 unspecified atom stereocenters. The lowest BCUT2D eigenvalue weighted by Gasteiger charge is -1.96. The van der Waals surface area contributed by atoms with Gasteiger partial charge in [-0.1, -0.05) is 37.0 Å². The molecular weight excluding hydrogens is 201 g/mol. The summed E-state index contributed by atoms with van der Waals surface area (Å²) in [7, 11) is 0. The van der Waals surface area contributed by atoms with Gasteiger partial charge in [-0.2, -0.15) is 0 Å². The fraction of sp³-hybridized carbons (Fsp3) is 0.625. The number of carbonyl (C=O) groups is 1. The second-order valence-electron chi connectivity index (χ2n) is 3.62. The third-order valence-electron chi connectivity index (χ3n) is 2.48. The van der Waals surface area contributed by atoms with Gasteiger partial charge < -0.3 is 5.11 Å². The van der Waals surface area contributed by atoms with Crippen molar-refractivity contribution in [2.24, 2.45) is 17.3 Å². The Morgan fingerprint density at radius 1 is 1.50 bits per heavy atom. The molecule has 12 heavy (non-hydrogen) atoms. The van der Waals surface area contributed by atoms with E-state index in [0.717, 1.165) is 0 Å². The average molecular weight is 211 g/mol. The van der Waals surface area contributed by atoms with E-state index in [1.807, 2.05) is 13.8 Å². The zero-order valence-electron chi connectivity index (χ0n) is 6.84. The van der Waals surface area contributed by atoms with Crippen LogP contribution in [0.25, 0.3) is 0 Å². The highest BCUT2D eigenvalue weighted by Crippen LogP contribution is 2.59. The highest BCUT2D eigenvalue weighted by atomic mass is 35.5. The average Bonchev–Trinajstić information content (AvgIpc) is 2.32. The number of carboxylic acids is 1. The molecule has 1 saturated carbocycles. The number of hydrogen-bond acceptors (Lipinski definition) is 1. The molecule has 1 fully saturated rings. The molecule has 68 valence electrons. The van der Waals surface area contributed by atoms with Crippen LogP contribution in [0.1, 0.15) is 13.8 Å². The molecule has 2 atom stereocenters. The Hall–Kier alpha value is -0.210. The minimum atomic E-state index is -0.782. The van der Waals surface area contributed by atoms with Crippen LogP contribution in [0.5, 0.6) is 0 Å². The summed E-state index contributed by atoms with van der Waals surface area (Å²) in [5.41, 5.74) is -0.207. The van der Waals surface area contributed by atoms with Crippen LogP contribution in [-0.2, 0) is 4.79 Å². The predicted octanol–water partition coefficient (Wildman–Crippen LogP) is 2.66. The second-order valence-corrected chi connectivity index (χ2v) is 4.63. The highest BCUT2D eigenvalue weighted by Gasteiger charge is 2.60. The van der Waals surface area contributed by atoms with Crippen molar-refractivity contribution >= 4 is 29.2 Å². The van der Waals surface area contributed by atoms with Crippen molar-refractivity contribution in [1.82, 2.24) is 0 Å². The standard InChI is InChI=1S/C8H10Cl2O2/c1-8(2)4(3-5(9)10)6(8)7(11)12/h3-4,6H,1-2H3,(H,11,12)/t4-,6+/m0/s1/i6+1,8+1. The van der Waals surface area contributed by atoms with Crippen molar-refractivity contribution in [3.8, 4) is 0 Å². The third kappa shape index (κ3) is 1.59. The maximum Gasteiger partial charge on any atom is 0.307 e. The number of carboxylic acid groups (broad SMARTS) is 1. The molecule has 0 heterocycles. The first kappa shape index (κ1) is 9.87. The minimum Gasteiger partial charge on any atom is -0.481 e. The quantitative estimate of drug-likeness (QED) is 0.713. The first-order valence-electron chi connectivity index (χ1n) is 3.63. The lowest BCUT2D eigenvalue weighted by Crippen LogP contribution is -2.02. The molecular formula is C8H10Cl2O2. The SMILES string of the molecule is C[13C]1(C)[C@@H](C=C(Cl)Cl)[13C@@H]1C(=O)O. The Balaban J connectivity index is 2.73. The molecule has 2 nitrogen and oxygen atoms in total. The van der Waals surface area contributed by atoms with Crippen molar-refractivity contribution in [2.75, 3.05) is 0 Å². The third-order valence-corrected chi connectivity index (χ3v) is 2.73.